The van der Waals surface area contributed by atoms with Crippen LogP contribution in [0.1, 0.15) is 60.4 Å². The topological polar surface area (TPSA) is 131 Å². The molecule has 36 heavy (non-hydrogen) atoms. The number of anilines is 3. The highest BCUT2D eigenvalue weighted by Crippen LogP contribution is 2.38. The molecule has 1 fully saturated rings. The second-order valence-electron chi connectivity index (χ2n) is 9.12. The number of nitrogen functional groups attached to an aromatic ring is 1. The highest BCUT2D eigenvalue weighted by atomic mass is 19.4. The number of benzene rings is 1. The average Bonchev–Trinajstić information content (AvgIpc) is 2.97. The number of aliphatic carboxylic acids is 1. The predicted octanol–water partition coefficient (Wildman–Crippen LogP) is 4.21. The van der Waals surface area contributed by atoms with Crippen LogP contribution in [0.15, 0.2) is 24.3 Å². The molecule has 12 heteroatoms. The summed E-state index contributed by atoms with van der Waals surface area (Å²) in [6, 6.07) is 7.66. The van der Waals surface area contributed by atoms with Crippen molar-refractivity contribution in [2.24, 2.45) is 5.92 Å². The van der Waals surface area contributed by atoms with Gasteiger partial charge in [-0.25, -0.2) is 0 Å². The summed E-state index contributed by atoms with van der Waals surface area (Å²) in [5, 5.41) is 11.5. The normalized spacial score (nSPS) is 20.3. The summed E-state index contributed by atoms with van der Waals surface area (Å²) in [4.78, 5) is 33.8. The van der Waals surface area contributed by atoms with Gasteiger partial charge in [-0.05, 0) is 55.2 Å². The molecule has 194 valence electrons. The molecular formula is C24H28F3N5O4. The van der Waals surface area contributed by atoms with E-state index < -0.39 is 31.0 Å². The Kier molecular flexibility index (Phi) is 7.51. The van der Waals surface area contributed by atoms with Crippen molar-refractivity contribution < 1.29 is 32.6 Å². The molecule has 2 aromatic rings. The summed E-state index contributed by atoms with van der Waals surface area (Å²) in [6.45, 7) is -0.0903. The van der Waals surface area contributed by atoms with E-state index in [1.54, 1.807) is 0 Å². The van der Waals surface area contributed by atoms with Gasteiger partial charge in [-0.3, -0.25) is 9.59 Å². The first-order valence-electron chi connectivity index (χ1n) is 11.9. The Bertz CT molecular complexity index is 1100. The van der Waals surface area contributed by atoms with Gasteiger partial charge in [0.05, 0.1) is 13.0 Å². The third-order valence-corrected chi connectivity index (χ3v) is 6.59. The molecule has 0 bridgehead atoms. The van der Waals surface area contributed by atoms with Gasteiger partial charge in [-0.2, -0.15) is 23.1 Å². The smallest absolute Gasteiger partial charge is 0.390 e. The van der Waals surface area contributed by atoms with Crippen LogP contribution in [0.5, 0.6) is 5.88 Å². The monoisotopic (exact) mass is 507 g/mol. The number of aromatic nitrogens is 2. The largest absolute Gasteiger partial charge is 0.481 e. The molecule has 1 saturated carbocycles. The number of nitrogens with zero attached hydrogens (tertiary/aromatic N) is 3. The van der Waals surface area contributed by atoms with E-state index in [0.29, 0.717) is 11.6 Å². The standard InChI is InChI=1S/C24H28F3N5O4/c25-24(26,27)9-10-29-23-30-20(28)19-21(31-23)36-12-11-32(22(19)35)17-7-5-16(6-8-17)15-3-1-14(2-4-15)13-18(33)34/h5-8,14-15H,1-4,9-13H2,(H,33,34)(H3,28,29,30,31)/t14-,15-. The molecule has 1 aliphatic carbocycles. The van der Waals surface area contributed by atoms with Gasteiger partial charge in [0.2, 0.25) is 11.8 Å². The average molecular weight is 508 g/mol. The van der Waals surface area contributed by atoms with Gasteiger partial charge in [0, 0.05) is 18.7 Å². The van der Waals surface area contributed by atoms with Gasteiger partial charge in [-0.1, -0.05) is 12.1 Å². The number of hydrogen-bond donors (Lipinski definition) is 3. The maximum Gasteiger partial charge on any atom is 0.390 e. The van der Waals surface area contributed by atoms with Crippen LogP contribution in [-0.4, -0.2) is 52.8 Å². The van der Waals surface area contributed by atoms with Crippen LogP contribution in [0, 0.1) is 5.92 Å². The van der Waals surface area contributed by atoms with E-state index in [1.807, 2.05) is 24.3 Å². The summed E-state index contributed by atoms with van der Waals surface area (Å²) >= 11 is 0. The van der Waals surface area contributed by atoms with Crippen LogP contribution in [0.3, 0.4) is 0 Å². The van der Waals surface area contributed by atoms with Gasteiger partial charge in [0.25, 0.3) is 5.91 Å². The lowest BCUT2D eigenvalue weighted by Gasteiger charge is -2.28. The highest BCUT2D eigenvalue weighted by Gasteiger charge is 2.31. The van der Waals surface area contributed by atoms with Crippen molar-refractivity contribution in [1.29, 1.82) is 0 Å². The molecule has 1 aliphatic heterocycles. The third kappa shape index (κ3) is 6.16. The molecule has 1 aromatic heterocycles. The molecular weight excluding hydrogens is 479 g/mol. The summed E-state index contributed by atoms with van der Waals surface area (Å²) in [6.07, 6.45) is -1.58. The van der Waals surface area contributed by atoms with E-state index in [1.165, 1.54) is 4.90 Å². The zero-order valence-electron chi connectivity index (χ0n) is 19.6. The van der Waals surface area contributed by atoms with Crippen LogP contribution < -0.4 is 20.7 Å². The van der Waals surface area contributed by atoms with E-state index in [4.69, 9.17) is 15.6 Å². The molecule has 0 atom stereocenters. The fraction of sp³-hybridized carbons (Fsp3) is 0.500. The number of halogens is 3. The molecule has 2 aliphatic rings. The molecule has 4 N–H and O–H groups in total. The predicted molar refractivity (Wildman–Crippen MR) is 126 cm³/mol. The van der Waals surface area contributed by atoms with Crippen molar-refractivity contribution in [3.63, 3.8) is 0 Å². The number of carboxylic acids is 1. The Morgan fingerprint density at radius 1 is 1.17 bits per heavy atom. The van der Waals surface area contributed by atoms with Gasteiger partial charge in [0.15, 0.2) is 0 Å². The Morgan fingerprint density at radius 2 is 1.86 bits per heavy atom. The van der Waals surface area contributed by atoms with Gasteiger partial charge in [0.1, 0.15) is 18.0 Å². The van der Waals surface area contributed by atoms with E-state index in [0.717, 1.165) is 31.2 Å². The minimum atomic E-state index is -4.33. The van der Waals surface area contributed by atoms with Crippen LogP contribution >= 0.6 is 0 Å². The number of alkyl halides is 3. The first-order chi connectivity index (χ1) is 17.1. The maximum absolute atomic E-state index is 13.3. The molecule has 0 saturated heterocycles. The lowest BCUT2D eigenvalue weighted by atomic mass is 9.77. The lowest BCUT2D eigenvalue weighted by Crippen LogP contribution is -2.32. The fourth-order valence-corrected chi connectivity index (χ4v) is 4.75. The summed E-state index contributed by atoms with van der Waals surface area (Å²) in [7, 11) is 0. The van der Waals surface area contributed by atoms with Crippen molar-refractivity contribution in [2.45, 2.75) is 50.6 Å². The quantitative estimate of drug-likeness (QED) is 0.508. The van der Waals surface area contributed by atoms with E-state index in [2.05, 4.69) is 15.3 Å². The number of rotatable bonds is 7. The SMILES string of the molecule is Nc1nc(NCCC(F)(F)F)nc2c1C(=O)N(c1ccc([C@H]3CC[C@H](CC(=O)O)CC3)cc1)CCO2. The number of amides is 1. The fourth-order valence-electron chi connectivity index (χ4n) is 4.75. The summed E-state index contributed by atoms with van der Waals surface area (Å²) < 4.78 is 42.8. The second kappa shape index (κ2) is 10.6. The zero-order chi connectivity index (χ0) is 25.9. The van der Waals surface area contributed by atoms with Gasteiger partial charge < -0.3 is 25.8 Å². The molecule has 0 spiro atoms. The highest BCUT2D eigenvalue weighted by molar-refractivity contribution is 6.10. The molecule has 9 nitrogen and oxygen atoms in total. The molecule has 0 unspecified atom stereocenters. The molecule has 0 radical (unpaired) electrons. The van der Waals surface area contributed by atoms with E-state index in [9.17, 15) is 22.8 Å². The third-order valence-electron chi connectivity index (χ3n) is 6.59. The maximum atomic E-state index is 13.3. The Hall–Kier alpha value is -3.57. The molecule has 1 amide bonds. The minimum Gasteiger partial charge on any atom is -0.481 e. The van der Waals surface area contributed by atoms with Crippen LogP contribution in [0.4, 0.5) is 30.6 Å². The number of hydrogen-bond acceptors (Lipinski definition) is 7. The number of ether oxygens (including phenoxy) is 1. The first kappa shape index (κ1) is 25.5. The Morgan fingerprint density at radius 3 is 2.50 bits per heavy atom. The van der Waals surface area contributed by atoms with Crippen molar-refractivity contribution >= 4 is 29.3 Å². The molecule has 1 aromatic carbocycles. The number of carbonyl (C=O) groups is 2. The summed E-state index contributed by atoms with van der Waals surface area (Å²) in [5.74, 6) is -1.03. The molecule has 4 rings (SSSR count). The van der Waals surface area contributed by atoms with Crippen LogP contribution in [0.25, 0.3) is 0 Å². The van der Waals surface area contributed by atoms with Gasteiger partial charge in [-0.15, -0.1) is 0 Å². The second-order valence-corrected chi connectivity index (χ2v) is 9.12. The lowest BCUT2D eigenvalue weighted by molar-refractivity contribution is -0.138. The number of carboxylic acid groups (broad SMARTS) is 1. The van der Waals surface area contributed by atoms with Crippen molar-refractivity contribution in [3.05, 3.63) is 35.4 Å². The van der Waals surface area contributed by atoms with Crippen molar-refractivity contribution in [3.8, 4) is 5.88 Å². The van der Waals surface area contributed by atoms with Gasteiger partial charge >= 0.3 is 12.1 Å². The molecule has 2 heterocycles. The Labute approximate surface area is 205 Å². The van der Waals surface area contributed by atoms with Crippen molar-refractivity contribution in [2.75, 3.05) is 35.6 Å². The number of nitrogens with one attached hydrogen (secondary N) is 1. The summed E-state index contributed by atoms with van der Waals surface area (Å²) in [5.41, 5.74) is 7.74. The Balaban J connectivity index is 1.44. The number of fused-ring (bicyclic) bond motifs is 1. The first-order valence-corrected chi connectivity index (χ1v) is 11.9. The van der Waals surface area contributed by atoms with Crippen molar-refractivity contribution in [1.82, 2.24) is 9.97 Å². The van der Waals surface area contributed by atoms with Crippen LogP contribution in [-0.2, 0) is 4.79 Å². The van der Waals surface area contributed by atoms with E-state index >= 15 is 0 Å². The number of carbonyl (C=O) groups excluding carboxylic acids is 1. The van der Waals surface area contributed by atoms with E-state index in [-0.39, 0.29) is 48.7 Å². The zero-order valence-corrected chi connectivity index (χ0v) is 19.6. The van der Waals surface area contributed by atoms with Crippen LogP contribution in [0.2, 0.25) is 0 Å². The minimum absolute atomic E-state index is 0.0327. The number of nitrogens with two attached hydrogens (primary N) is 1.